The Hall–Kier alpha value is -1.71. The number of carbonyl (C=O) groups excluding carboxylic acids is 1. The van der Waals surface area contributed by atoms with Gasteiger partial charge in [0.2, 0.25) is 0 Å². The summed E-state index contributed by atoms with van der Waals surface area (Å²) in [6, 6.07) is 5.63. The summed E-state index contributed by atoms with van der Waals surface area (Å²) in [5, 5.41) is 0. The topological polar surface area (TPSA) is 38.8 Å². The van der Waals surface area contributed by atoms with Crippen LogP contribution < -0.4 is 9.64 Å². The summed E-state index contributed by atoms with van der Waals surface area (Å²) < 4.78 is 9.95. The Morgan fingerprint density at radius 1 is 1.44 bits per heavy atom. The van der Waals surface area contributed by atoms with Gasteiger partial charge in [-0.15, -0.1) is 0 Å². The molecule has 1 aromatic rings. The predicted molar refractivity (Wildman–Crippen MR) is 60.9 cm³/mol. The van der Waals surface area contributed by atoms with Crippen LogP contribution in [0.3, 0.4) is 0 Å². The first-order chi connectivity index (χ1) is 7.67. The fraction of sp³-hybridized carbons (Fsp3) is 0.417. The smallest absolute Gasteiger partial charge is 0.328 e. The van der Waals surface area contributed by atoms with Gasteiger partial charge in [0.25, 0.3) is 0 Å². The zero-order valence-corrected chi connectivity index (χ0v) is 9.69. The number of ether oxygens (including phenoxy) is 2. The lowest BCUT2D eigenvalue weighted by Crippen LogP contribution is -2.36. The molecule has 0 fully saturated rings. The zero-order chi connectivity index (χ0) is 11.7. The Bertz CT molecular complexity index is 417. The molecular formula is C12H15NO3. The van der Waals surface area contributed by atoms with E-state index in [-0.39, 0.29) is 12.0 Å². The van der Waals surface area contributed by atoms with Gasteiger partial charge in [0.1, 0.15) is 11.8 Å². The van der Waals surface area contributed by atoms with Crippen LogP contribution in [-0.4, -0.2) is 33.3 Å². The van der Waals surface area contributed by atoms with Gasteiger partial charge in [-0.25, -0.2) is 4.79 Å². The Morgan fingerprint density at radius 2 is 2.19 bits per heavy atom. The highest BCUT2D eigenvalue weighted by Crippen LogP contribution is 2.34. The summed E-state index contributed by atoms with van der Waals surface area (Å²) >= 11 is 0. The van der Waals surface area contributed by atoms with E-state index in [4.69, 9.17) is 9.47 Å². The molecule has 1 aliphatic rings. The minimum Gasteiger partial charge on any atom is -0.497 e. The minimum atomic E-state index is -0.216. The van der Waals surface area contributed by atoms with Gasteiger partial charge in [0.15, 0.2) is 0 Å². The van der Waals surface area contributed by atoms with E-state index in [0.717, 1.165) is 17.0 Å². The van der Waals surface area contributed by atoms with Gasteiger partial charge in [-0.05, 0) is 11.6 Å². The van der Waals surface area contributed by atoms with Crippen molar-refractivity contribution in [3.05, 3.63) is 23.8 Å². The lowest BCUT2D eigenvalue weighted by Gasteiger charge is -2.20. The molecule has 0 aromatic heterocycles. The number of methoxy groups -OCH3 is 2. The maximum atomic E-state index is 11.6. The first kappa shape index (κ1) is 10.8. The molecule has 1 aliphatic heterocycles. The van der Waals surface area contributed by atoms with Gasteiger partial charge in [0, 0.05) is 25.2 Å². The van der Waals surface area contributed by atoms with Gasteiger partial charge < -0.3 is 14.4 Å². The van der Waals surface area contributed by atoms with E-state index in [1.807, 2.05) is 30.1 Å². The number of likely N-dealkylation sites (N-methyl/N-ethyl adjacent to an activating group) is 1. The number of anilines is 1. The summed E-state index contributed by atoms with van der Waals surface area (Å²) in [5.74, 6) is 0.605. The summed E-state index contributed by atoms with van der Waals surface area (Å²) in [5.41, 5.74) is 2.19. The molecule has 1 heterocycles. The monoisotopic (exact) mass is 221 g/mol. The van der Waals surface area contributed by atoms with Crippen LogP contribution >= 0.6 is 0 Å². The molecule has 1 unspecified atom stereocenters. The van der Waals surface area contributed by atoms with Gasteiger partial charge in [-0.1, -0.05) is 6.07 Å². The number of fused-ring (bicyclic) bond motifs is 1. The van der Waals surface area contributed by atoms with E-state index in [9.17, 15) is 4.79 Å². The predicted octanol–water partition coefficient (Wildman–Crippen LogP) is 1.23. The number of esters is 1. The van der Waals surface area contributed by atoms with Crippen molar-refractivity contribution in [2.24, 2.45) is 0 Å². The van der Waals surface area contributed by atoms with Crippen molar-refractivity contribution in [1.82, 2.24) is 0 Å². The number of nitrogens with zero attached hydrogens (tertiary/aromatic N) is 1. The summed E-state index contributed by atoms with van der Waals surface area (Å²) in [6.07, 6.45) is 0.697. The first-order valence-electron chi connectivity index (χ1n) is 5.15. The molecule has 0 saturated heterocycles. The molecule has 0 bridgehead atoms. The molecule has 1 atom stereocenters. The summed E-state index contributed by atoms with van der Waals surface area (Å²) in [4.78, 5) is 13.5. The second kappa shape index (κ2) is 4.04. The second-order valence-corrected chi connectivity index (χ2v) is 3.85. The lowest BCUT2D eigenvalue weighted by molar-refractivity contribution is -0.141. The van der Waals surface area contributed by atoms with Crippen molar-refractivity contribution in [3.63, 3.8) is 0 Å². The average molecular weight is 221 g/mol. The lowest BCUT2D eigenvalue weighted by atomic mass is 10.1. The normalized spacial score (nSPS) is 18.2. The molecular weight excluding hydrogens is 206 g/mol. The minimum absolute atomic E-state index is 0.197. The number of hydrogen-bond donors (Lipinski definition) is 0. The van der Waals surface area contributed by atoms with Crippen LogP contribution in [0.5, 0.6) is 5.75 Å². The van der Waals surface area contributed by atoms with Crippen molar-refractivity contribution in [2.75, 3.05) is 26.2 Å². The Kier molecular flexibility index (Phi) is 2.73. The van der Waals surface area contributed by atoms with Crippen LogP contribution in [0, 0.1) is 0 Å². The summed E-state index contributed by atoms with van der Waals surface area (Å²) in [7, 11) is 4.95. The van der Waals surface area contributed by atoms with E-state index in [2.05, 4.69) is 0 Å². The number of carbonyl (C=O) groups is 1. The highest BCUT2D eigenvalue weighted by molar-refractivity contribution is 5.83. The molecule has 0 N–H and O–H groups in total. The van der Waals surface area contributed by atoms with E-state index < -0.39 is 0 Å². The van der Waals surface area contributed by atoms with Crippen LogP contribution in [0.1, 0.15) is 5.56 Å². The third-order valence-electron chi connectivity index (χ3n) is 3.03. The van der Waals surface area contributed by atoms with Crippen LogP contribution in [0.2, 0.25) is 0 Å². The number of benzene rings is 1. The molecule has 0 spiro atoms. The zero-order valence-electron chi connectivity index (χ0n) is 9.69. The SMILES string of the molecule is COC(=O)C1Cc2ccc(OC)cc2N1C. The van der Waals surface area contributed by atoms with E-state index in [1.54, 1.807) is 7.11 Å². The van der Waals surface area contributed by atoms with E-state index in [0.29, 0.717) is 6.42 Å². The highest BCUT2D eigenvalue weighted by atomic mass is 16.5. The molecule has 0 radical (unpaired) electrons. The molecule has 1 aromatic carbocycles. The Morgan fingerprint density at radius 3 is 2.81 bits per heavy atom. The molecule has 0 amide bonds. The van der Waals surface area contributed by atoms with Crippen LogP contribution in [-0.2, 0) is 16.0 Å². The van der Waals surface area contributed by atoms with E-state index in [1.165, 1.54) is 7.11 Å². The fourth-order valence-electron chi connectivity index (χ4n) is 2.06. The molecule has 0 aliphatic carbocycles. The molecule has 0 saturated carbocycles. The third-order valence-corrected chi connectivity index (χ3v) is 3.03. The Balaban J connectivity index is 2.31. The van der Waals surface area contributed by atoms with Gasteiger partial charge >= 0.3 is 5.97 Å². The van der Waals surface area contributed by atoms with Crippen molar-refractivity contribution in [2.45, 2.75) is 12.5 Å². The van der Waals surface area contributed by atoms with Crippen LogP contribution in [0.4, 0.5) is 5.69 Å². The maximum Gasteiger partial charge on any atom is 0.328 e. The molecule has 4 heteroatoms. The van der Waals surface area contributed by atoms with Crippen molar-refractivity contribution >= 4 is 11.7 Å². The quantitative estimate of drug-likeness (QED) is 0.704. The molecule has 4 nitrogen and oxygen atoms in total. The fourth-order valence-corrected chi connectivity index (χ4v) is 2.06. The average Bonchev–Trinajstić information content (AvgIpc) is 2.65. The maximum absolute atomic E-state index is 11.6. The van der Waals surface area contributed by atoms with Crippen molar-refractivity contribution in [3.8, 4) is 5.75 Å². The number of hydrogen-bond acceptors (Lipinski definition) is 4. The first-order valence-corrected chi connectivity index (χ1v) is 5.15. The Labute approximate surface area is 94.8 Å². The van der Waals surface area contributed by atoms with Crippen molar-refractivity contribution in [1.29, 1.82) is 0 Å². The summed E-state index contributed by atoms with van der Waals surface area (Å²) in [6.45, 7) is 0. The van der Waals surface area contributed by atoms with E-state index >= 15 is 0 Å². The molecule has 16 heavy (non-hydrogen) atoms. The standard InChI is InChI=1S/C12H15NO3/c1-13-10-7-9(15-2)5-4-8(10)6-11(13)12(14)16-3/h4-5,7,11H,6H2,1-3H3. The molecule has 86 valence electrons. The molecule has 2 rings (SSSR count). The largest absolute Gasteiger partial charge is 0.497 e. The third kappa shape index (κ3) is 1.60. The van der Waals surface area contributed by atoms with Gasteiger partial charge in [-0.2, -0.15) is 0 Å². The van der Waals surface area contributed by atoms with Gasteiger partial charge in [0.05, 0.1) is 14.2 Å². The van der Waals surface area contributed by atoms with Crippen LogP contribution in [0.25, 0.3) is 0 Å². The van der Waals surface area contributed by atoms with Crippen LogP contribution in [0.15, 0.2) is 18.2 Å². The van der Waals surface area contributed by atoms with Gasteiger partial charge in [-0.3, -0.25) is 0 Å². The highest BCUT2D eigenvalue weighted by Gasteiger charge is 2.32. The van der Waals surface area contributed by atoms with Crippen molar-refractivity contribution < 1.29 is 14.3 Å². The second-order valence-electron chi connectivity index (χ2n) is 3.85. The number of rotatable bonds is 2.